The Bertz CT molecular complexity index is 525. The molecule has 7 heteroatoms. The van der Waals surface area contributed by atoms with Crippen molar-refractivity contribution in [3.05, 3.63) is 23.8 Å². The molecule has 0 radical (unpaired) electrons. The number of fused-ring (bicyclic) bond motifs is 1. The summed E-state index contributed by atoms with van der Waals surface area (Å²) >= 11 is 0. The monoisotopic (exact) mass is 262 g/mol. The first-order valence-electron chi connectivity index (χ1n) is 5.86. The van der Waals surface area contributed by atoms with E-state index in [0.29, 0.717) is 11.2 Å². The van der Waals surface area contributed by atoms with E-state index in [1.807, 2.05) is 0 Å². The van der Waals surface area contributed by atoms with E-state index in [2.05, 4.69) is 10.5 Å². The molecule has 1 aromatic rings. The molecule has 0 aliphatic carbocycles. The third-order valence-electron chi connectivity index (χ3n) is 2.35. The molecule has 1 aliphatic rings. The molecule has 2 rings (SSSR count). The van der Waals surface area contributed by atoms with E-state index in [-0.39, 0.29) is 0 Å². The standard InChI is InChI=1S/C12H15BN2O4/c1-12(2,3)18-11(16)15-9-5-4-8-7-14-19-13(17)10(8)6-9/h4-7,17H,1-3H3,(H,15,16). The van der Waals surface area contributed by atoms with Crippen molar-refractivity contribution in [2.24, 2.45) is 5.16 Å². The molecule has 1 aromatic carbocycles. The van der Waals surface area contributed by atoms with E-state index < -0.39 is 18.8 Å². The molecule has 19 heavy (non-hydrogen) atoms. The van der Waals surface area contributed by atoms with Crippen LogP contribution >= 0.6 is 0 Å². The van der Waals surface area contributed by atoms with Crippen molar-refractivity contribution in [3.63, 3.8) is 0 Å². The lowest BCUT2D eigenvalue weighted by molar-refractivity contribution is 0.0636. The van der Waals surface area contributed by atoms with Crippen molar-refractivity contribution in [2.75, 3.05) is 5.32 Å². The minimum atomic E-state index is -1.12. The number of ether oxygens (including phenoxy) is 1. The Balaban J connectivity index is 2.12. The zero-order chi connectivity index (χ0) is 14.0. The summed E-state index contributed by atoms with van der Waals surface area (Å²) in [6.45, 7) is 5.36. The largest absolute Gasteiger partial charge is 0.583 e. The van der Waals surface area contributed by atoms with Gasteiger partial charge in [0.05, 0.1) is 6.21 Å². The fourth-order valence-electron chi connectivity index (χ4n) is 1.61. The number of carbonyl (C=O) groups is 1. The second-order valence-electron chi connectivity index (χ2n) is 5.16. The number of nitrogens with one attached hydrogen (secondary N) is 1. The van der Waals surface area contributed by atoms with Crippen molar-refractivity contribution in [3.8, 4) is 0 Å². The normalized spacial score (nSPS) is 13.6. The molecule has 0 aromatic heterocycles. The maximum Gasteiger partial charge on any atom is 0.583 e. The molecule has 0 fully saturated rings. The molecule has 0 unspecified atom stereocenters. The fraction of sp³-hybridized carbons (Fsp3) is 0.333. The van der Waals surface area contributed by atoms with Crippen molar-refractivity contribution < 1.29 is 19.3 Å². The first-order chi connectivity index (χ1) is 8.85. The Hall–Kier alpha value is -2.02. The van der Waals surface area contributed by atoms with Crippen molar-refractivity contribution >= 4 is 30.6 Å². The predicted octanol–water partition coefficient (Wildman–Crippen LogP) is 1.09. The van der Waals surface area contributed by atoms with Crippen LogP contribution in [0.3, 0.4) is 0 Å². The highest BCUT2D eigenvalue weighted by Crippen LogP contribution is 2.13. The van der Waals surface area contributed by atoms with E-state index in [1.165, 1.54) is 6.21 Å². The summed E-state index contributed by atoms with van der Waals surface area (Å²) in [5.41, 5.74) is 1.25. The molecule has 6 nitrogen and oxygen atoms in total. The van der Waals surface area contributed by atoms with Gasteiger partial charge < -0.3 is 14.5 Å². The SMILES string of the molecule is CC(C)(C)OC(=O)Nc1ccc2c(c1)B(O)ON=C2. The van der Waals surface area contributed by atoms with Crippen LogP contribution in [0.4, 0.5) is 10.5 Å². The van der Waals surface area contributed by atoms with Crippen LogP contribution in [0.25, 0.3) is 0 Å². The van der Waals surface area contributed by atoms with Gasteiger partial charge in [0.25, 0.3) is 0 Å². The summed E-state index contributed by atoms with van der Waals surface area (Å²) < 4.78 is 9.87. The van der Waals surface area contributed by atoms with E-state index in [0.717, 1.165) is 5.56 Å². The lowest BCUT2D eigenvalue weighted by atomic mass is 9.76. The lowest BCUT2D eigenvalue weighted by Crippen LogP contribution is -2.38. The summed E-state index contributed by atoms with van der Waals surface area (Å²) in [5, 5.41) is 15.8. The second kappa shape index (κ2) is 4.93. The smallest absolute Gasteiger partial charge is 0.444 e. The number of hydrogen-bond donors (Lipinski definition) is 2. The van der Waals surface area contributed by atoms with Gasteiger partial charge in [0.2, 0.25) is 0 Å². The fourth-order valence-corrected chi connectivity index (χ4v) is 1.61. The van der Waals surface area contributed by atoms with Gasteiger partial charge in [-0.3, -0.25) is 5.32 Å². The van der Waals surface area contributed by atoms with E-state index in [4.69, 9.17) is 9.49 Å². The van der Waals surface area contributed by atoms with Gasteiger partial charge in [-0.25, -0.2) is 4.79 Å². The van der Waals surface area contributed by atoms with Gasteiger partial charge in [-0.1, -0.05) is 6.07 Å². The Morgan fingerprint density at radius 2 is 2.21 bits per heavy atom. The van der Waals surface area contributed by atoms with Crippen LogP contribution in [0, 0.1) is 0 Å². The van der Waals surface area contributed by atoms with Crippen LogP contribution in [-0.2, 0) is 9.49 Å². The lowest BCUT2D eigenvalue weighted by Gasteiger charge is -2.20. The Kier molecular flexibility index (Phi) is 3.48. The number of nitrogens with zero attached hydrogens (tertiary/aromatic N) is 1. The first-order valence-corrected chi connectivity index (χ1v) is 5.86. The topological polar surface area (TPSA) is 80.2 Å². The van der Waals surface area contributed by atoms with Crippen LogP contribution in [0.5, 0.6) is 0 Å². The van der Waals surface area contributed by atoms with E-state index >= 15 is 0 Å². The molecule has 0 spiro atoms. The number of carbonyl (C=O) groups excluding carboxylic acids is 1. The van der Waals surface area contributed by atoms with Crippen LogP contribution in [-0.4, -0.2) is 30.1 Å². The minimum absolute atomic E-state index is 0.519. The van der Waals surface area contributed by atoms with Crippen LogP contribution in [0.15, 0.2) is 23.4 Å². The maximum absolute atomic E-state index is 11.6. The molecule has 1 heterocycles. The highest BCUT2D eigenvalue weighted by atomic mass is 16.6. The summed E-state index contributed by atoms with van der Waals surface area (Å²) in [6.07, 6.45) is 0.951. The maximum atomic E-state index is 11.6. The number of anilines is 1. The van der Waals surface area contributed by atoms with Crippen molar-refractivity contribution in [2.45, 2.75) is 26.4 Å². The van der Waals surface area contributed by atoms with E-state index in [9.17, 15) is 9.82 Å². The second-order valence-corrected chi connectivity index (χ2v) is 5.16. The molecule has 100 valence electrons. The van der Waals surface area contributed by atoms with Crippen molar-refractivity contribution in [1.82, 2.24) is 0 Å². The highest BCUT2D eigenvalue weighted by molar-refractivity contribution is 6.62. The number of amides is 1. The number of rotatable bonds is 1. The van der Waals surface area contributed by atoms with Crippen LogP contribution in [0.2, 0.25) is 0 Å². The third-order valence-corrected chi connectivity index (χ3v) is 2.35. The zero-order valence-electron chi connectivity index (χ0n) is 11.0. The Morgan fingerprint density at radius 1 is 1.47 bits per heavy atom. The number of benzene rings is 1. The molecule has 0 atom stereocenters. The molecule has 0 bridgehead atoms. The van der Waals surface area contributed by atoms with Gasteiger partial charge in [-0.15, -0.1) is 5.16 Å². The molecule has 2 N–H and O–H groups in total. The molecule has 1 aliphatic heterocycles. The zero-order valence-corrected chi connectivity index (χ0v) is 11.0. The predicted molar refractivity (Wildman–Crippen MR) is 72.6 cm³/mol. The average molecular weight is 262 g/mol. The Morgan fingerprint density at radius 3 is 2.89 bits per heavy atom. The van der Waals surface area contributed by atoms with Crippen molar-refractivity contribution in [1.29, 1.82) is 0 Å². The summed E-state index contributed by atoms with van der Waals surface area (Å²) in [4.78, 5) is 11.6. The van der Waals surface area contributed by atoms with Gasteiger partial charge in [0, 0.05) is 11.2 Å². The molecule has 0 saturated heterocycles. The quantitative estimate of drug-likeness (QED) is 0.742. The van der Waals surface area contributed by atoms with Crippen LogP contribution in [0.1, 0.15) is 26.3 Å². The van der Waals surface area contributed by atoms with Crippen LogP contribution < -0.4 is 10.8 Å². The first kappa shape index (κ1) is 13.4. The summed E-state index contributed by atoms with van der Waals surface area (Å²) in [7, 11) is -1.12. The molecular weight excluding hydrogens is 247 g/mol. The van der Waals surface area contributed by atoms with Gasteiger partial charge in [-0.2, -0.15) is 0 Å². The van der Waals surface area contributed by atoms with Gasteiger partial charge in [0.15, 0.2) is 0 Å². The molecule has 1 amide bonds. The summed E-state index contributed by atoms with van der Waals surface area (Å²) in [6, 6.07) is 5.05. The Labute approximate surface area is 111 Å². The minimum Gasteiger partial charge on any atom is -0.444 e. The van der Waals surface area contributed by atoms with Gasteiger partial charge in [-0.05, 0) is 38.5 Å². The highest BCUT2D eigenvalue weighted by Gasteiger charge is 2.25. The third kappa shape index (κ3) is 3.48. The molecular formula is C12H15BN2O4. The molecule has 0 saturated carbocycles. The summed E-state index contributed by atoms with van der Waals surface area (Å²) in [5.74, 6) is 0. The average Bonchev–Trinajstić information content (AvgIpc) is 2.27. The van der Waals surface area contributed by atoms with E-state index in [1.54, 1.807) is 39.0 Å². The van der Waals surface area contributed by atoms with Gasteiger partial charge >= 0.3 is 13.2 Å². The van der Waals surface area contributed by atoms with Gasteiger partial charge in [0.1, 0.15) is 5.60 Å². The number of hydrogen-bond acceptors (Lipinski definition) is 5. The number of oxime groups is 1.